The monoisotopic (exact) mass is 364 g/mol. The van der Waals surface area contributed by atoms with E-state index in [0.29, 0.717) is 6.04 Å². The average Bonchev–Trinajstić information content (AvgIpc) is 3.24. The van der Waals surface area contributed by atoms with Crippen molar-refractivity contribution in [3.8, 4) is 0 Å². The lowest BCUT2D eigenvalue weighted by Crippen LogP contribution is -2.40. The fourth-order valence-corrected chi connectivity index (χ4v) is 5.07. The van der Waals surface area contributed by atoms with Crippen molar-refractivity contribution in [1.82, 2.24) is 19.6 Å². The number of aryl methyl sites for hydroxylation is 1. The first kappa shape index (κ1) is 17.0. The molecule has 142 valence electrons. The predicted octanol–water partition coefficient (Wildman–Crippen LogP) is 2.53. The average molecular weight is 364 g/mol. The Morgan fingerprint density at radius 2 is 1.74 bits per heavy atom. The van der Waals surface area contributed by atoms with Crippen LogP contribution in [0.15, 0.2) is 30.5 Å². The van der Waals surface area contributed by atoms with Crippen molar-refractivity contribution in [1.29, 1.82) is 0 Å². The van der Waals surface area contributed by atoms with E-state index in [1.165, 1.54) is 24.0 Å². The number of carbonyl (C=O) groups is 1. The maximum absolute atomic E-state index is 13.1. The molecule has 1 aromatic carbocycles. The van der Waals surface area contributed by atoms with Crippen molar-refractivity contribution in [3.63, 3.8) is 0 Å². The van der Waals surface area contributed by atoms with Gasteiger partial charge in [-0.2, -0.15) is 5.10 Å². The SMILES string of the molecule is O=C(c1cnn2c1CCCC2)N1CCCN(C2Cc3ccccc3C2)CC1. The molecule has 0 bridgehead atoms. The third-order valence-corrected chi connectivity index (χ3v) is 6.58. The second-order valence-electron chi connectivity index (χ2n) is 8.20. The first-order valence-corrected chi connectivity index (χ1v) is 10.4. The Labute approximate surface area is 161 Å². The second-order valence-corrected chi connectivity index (χ2v) is 8.20. The van der Waals surface area contributed by atoms with Crippen LogP contribution in [-0.2, 0) is 25.8 Å². The molecule has 2 aliphatic heterocycles. The molecule has 5 nitrogen and oxygen atoms in total. The molecule has 3 aliphatic rings. The van der Waals surface area contributed by atoms with Crippen molar-refractivity contribution in [3.05, 3.63) is 52.8 Å². The zero-order valence-electron chi connectivity index (χ0n) is 15.9. The number of nitrogens with zero attached hydrogens (tertiary/aromatic N) is 4. The maximum atomic E-state index is 13.1. The maximum Gasteiger partial charge on any atom is 0.257 e. The van der Waals surface area contributed by atoms with E-state index in [0.717, 1.165) is 69.7 Å². The van der Waals surface area contributed by atoms with Crippen LogP contribution in [0.2, 0.25) is 0 Å². The smallest absolute Gasteiger partial charge is 0.257 e. The number of benzene rings is 1. The van der Waals surface area contributed by atoms with Crippen LogP contribution < -0.4 is 0 Å². The number of carbonyl (C=O) groups excluding carboxylic acids is 1. The quantitative estimate of drug-likeness (QED) is 0.822. The minimum absolute atomic E-state index is 0.190. The zero-order valence-corrected chi connectivity index (χ0v) is 15.9. The molecule has 1 fully saturated rings. The summed E-state index contributed by atoms with van der Waals surface area (Å²) in [5.74, 6) is 0.190. The molecule has 0 radical (unpaired) electrons. The Bertz CT molecular complexity index is 818. The minimum Gasteiger partial charge on any atom is -0.337 e. The molecular formula is C22H28N4O. The van der Waals surface area contributed by atoms with Gasteiger partial charge in [-0.15, -0.1) is 0 Å². The number of rotatable bonds is 2. The molecule has 2 aromatic rings. The van der Waals surface area contributed by atoms with Gasteiger partial charge in [0, 0.05) is 38.8 Å². The Morgan fingerprint density at radius 1 is 0.926 bits per heavy atom. The van der Waals surface area contributed by atoms with Crippen molar-refractivity contribution in [2.45, 2.75) is 51.1 Å². The van der Waals surface area contributed by atoms with Crippen LogP contribution in [0.5, 0.6) is 0 Å². The molecule has 3 heterocycles. The highest BCUT2D eigenvalue weighted by Crippen LogP contribution is 2.26. The Morgan fingerprint density at radius 3 is 2.56 bits per heavy atom. The third kappa shape index (κ3) is 3.18. The van der Waals surface area contributed by atoms with Gasteiger partial charge in [0.2, 0.25) is 0 Å². The summed E-state index contributed by atoms with van der Waals surface area (Å²) in [6.07, 6.45) is 8.50. The first-order valence-electron chi connectivity index (χ1n) is 10.4. The van der Waals surface area contributed by atoms with Crippen molar-refractivity contribution in [2.24, 2.45) is 0 Å². The van der Waals surface area contributed by atoms with Gasteiger partial charge in [0.1, 0.15) is 0 Å². The zero-order chi connectivity index (χ0) is 18.2. The lowest BCUT2D eigenvalue weighted by atomic mass is 10.1. The van der Waals surface area contributed by atoms with Gasteiger partial charge in [-0.25, -0.2) is 0 Å². The normalized spacial score (nSPS) is 21.0. The Hall–Kier alpha value is -2.14. The van der Waals surface area contributed by atoms with Gasteiger partial charge in [-0.3, -0.25) is 14.4 Å². The summed E-state index contributed by atoms with van der Waals surface area (Å²) in [6.45, 7) is 4.72. The van der Waals surface area contributed by atoms with Crippen LogP contribution in [0.3, 0.4) is 0 Å². The van der Waals surface area contributed by atoms with E-state index in [4.69, 9.17) is 0 Å². The molecule has 1 aromatic heterocycles. The van der Waals surface area contributed by atoms with E-state index in [9.17, 15) is 4.79 Å². The highest BCUT2D eigenvalue weighted by Gasteiger charge is 2.30. The van der Waals surface area contributed by atoms with Gasteiger partial charge in [-0.05, 0) is 49.7 Å². The summed E-state index contributed by atoms with van der Waals surface area (Å²) >= 11 is 0. The van der Waals surface area contributed by atoms with Crippen LogP contribution in [0.1, 0.15) is 46.4 Å². The van der Waals surface area contributed by atoms with Gasteiger partial charge >= 0.3 is 0 Å². The van der Waals surface area contributed by atoms with Crippen molar-refractivity contribution < 1.29 is 4.79 Å². The fourth-order valence-electron chi connectivity index (χ4n) is 5.07. The number of amides is 1. The molecule has 5 rings (SSSR count). The number of fused-ring (bicyclic) bond motifs is 2. The summed E-state index contributed by atoms with van der Waals surface area (Å²) in [5.41, 5.74) is 5.01. The molecular weight excluding hydrogens is 336 g/mol. The molecule has 5 heteroatoms. The van der Waals surface area contributed by atoms with Crippen molar-refractivity contribution >= 4 is 5.91 Å². The molecule has 0 saturated carbocycles. The topological polar surface area (TPSA) is 41.4 Å². The fraction of sp³-hybridized carbons (Fsp3) is 0.545. The van der Waals surface area contributed by atoms with E-state index in [-0.39, 0.29) is 5.91 Å². The summed E-state index contributed by atoms with van der Waals surface area (Å²) in [7, 11) is 0. The molecule has 1 saturated heterocycles. The van der Waals surface area contributed by atoms with Gasteiger partial charge in [-0.1, -0.05) is 24.3 Å². The molecule has 1 amide bonds. The van der Waals surface area contributed by atoms with Crippen LogP contribution in [0.4, 0.5) is 0 Å². The summed E-state index contributed by atoms with van der Waals surface area (Å²) < 4.78 is 2.04. The van der Waals surface area contributed by atoms with E-state index in [1.807, 2.05) is 4.68 Å². The van der Waals surface area contributed by atoms with E-state index >= 15 is 0 Å². The lowest BCUT2D eigenvalue weighted by Gasteiger charge is -2.27. The standard InChI is InChI=1S/C22H28N4O/c27-22(20-16-23-26-11-4-3-8-21(20)26)25-10-5-9-24(12-13-25)19-14-17-6-1-2-7-18(17)15-19/h1-2,6-7,16,19H,3-5,8-15H2. The molecule has 27 heavy (non-hydrogen) atoms. The Balaban J connectivity index is 1.25. The molecule has 0 unspecified atom stereocenters. The minimum atomic E-state index is 0.190. The molecule has 1 aliphatic carbocycles. The highest BCUT2D eigenvalue weighted by molar-refractivity contribution is 5.95. The number of hydrogen-bond acceptors (Lipinski definition) is 3. The van der Waals surface area contributed by atoms with Crippen molar-refractivity contribution in [2.75, 3.05) is 26.2 Å². The van der Waals surface area contributed by atoms with Crippen LogP contribution in [0.25, 0.3) is 0 Å². The van der Waals surface area contributed by atoms with Crippen LogP contribution in [-0.4, -0.2) is 57.7 Å². The lowest BCUT2D eigenvalue weighted by molar-refractivity contribution is 0.0756. The van der Waals surface area contributed by atoms with Gasteiger partial charge in [0.15, 0.2) is 0 Å². The predicted molar refractivity (Wildman–Crippen MR) is 105 cm³/mol. The van der Waals surface area contributed by atoms with E-state index in [1.54, 1.807) is 6.20 Å². The Kier molecular flexibility index (Phi) is 4.48. The van der Waals surface area contributed by atoms with Gasteiger partial charge < -0.3 is 4.90 Å². The summed E-state index contributed by atoms with van der Waals surface area (Å²) in [4.78, 5) is 17.8. The second kappa shape index (κ2) is 7.12. The molecule has 0 atom stereocenters. The van der Waals surface area contributed by atoms with Gasteiger partial charge in [0.25, 0.3) is 5.91 Å². The van der Waals surface area contributed by atoms with Crippen LogP contribution in [0, 0.1) is 0 Å². The summed E-state index contributed by atoms with van der Waals surface area (Å²) in [6, 6.07) is 9.44. The molecule has 0 spiro atoms. The largest absolute Gasteiger partial charge is 0.337 e. The van der Waals surface area contributed by atoms with Gasteiger partial charge in [0.05, 0.1) is 17.5 Å². The van der Waals surface area contributed by atoms with E-state index in [2.05, 4.69) is 39.2 Å². The number of hydrogen-bond donors (Lipinski definition) is 0. The van der Waals surface area contributed by atoms with Crippen LogP contribution >= 0.6 is 0 Å². The molecule has 0 N–H and O–H groups in total. The first-order chi connectivity index (χ1) is 13.3. The van der Waals surface area contributed by atoms with E-state index < -0.39 is 0 Å². The third-order valence-electron chi connectivity index (χ3n) is 6.58. The highest BCUT2D eigenvalue weighted by atomic mass is 16.2. The summed E-state index contributed by atoms with van der Waals surface area (Å²) in [5, 5.41) is 4.46. The number of aromatic nitrogens is 2.